The first-order chi connectivity index (χ1) is 13.5. The van der Waals surface area contributed by atoms with Crippen molar-refractivity contribution in [2.45, 2.75) is 30.5 Å². The minimum atomic E-state index is -4.92. The second kappa shape index (κ2) is 7.48. The molecule has 154 valence electrons. The van der Waals surface area contributed by atoms with E-state index in [-0.39, 0.29) is 0 Å². The van der Waals surface area contributed by atoms with Crippen LogP contribution in [-0.4, -0.2) is 30.5 Å². The highest BCUT2D eigenvalue weighted by Gasteiger charge is 2.43. The first kappa shape index (κ1) is 20.8. The molecule has 11 heteroatoms. The number of halogens is 3. The van der Waals surface area contributed by atoms with Crippen molar-refractivity contribution in [3.63, 3.8) is 0 Å². The molecular weight excluding hydrogens is 411 g/mol. The van der Waals surface area contributed by atoms with Crippen LogP contribution in [0.1, 0.15) is 11.3 Å². The second-order valence-corrected chi connectivity index (χ2v) is 8.10. The Morgan fingerprint density at radius 1 is 1.14 bits per heavy atom. The largest absolute Gasteiger partial charge is 0.405 e. The van der Waals surface area contributed by atoms with Crippen LogP contribution in [-0.2, 0) is 16.4 Å². The number of nitrogens with zero attached hydrogens (tertiary/aromatic N) is 1. The maximum atomic E-state index is 13.7. The summed E-state index contributed by atoms with van der Waals surface area (Å²) in [5.74, 6) is 0. The molecule has 0 fully saturated rings. The lowest BCUT2D eigenvalue weighted by molar-refractivity contribution is -0.387. The van der Waals surface area contributed by atoms with Gasteiger partial charge in [0.15, 0.2) is 4.90 Å². The molecule has 0 aliphatic carbocycles. The zero-order chi connectivity index (χ0) is 21.4. The van der Waals surface area contributed by atoms with Gasteiger partial charge in [0, 0.05) is 22.7 Å². The topological polar surface area (TPSA) is 105 Å². The summed E-state index contributed by atoms with van der Waals surface area (Å²) in [6.07, 6.45) is -5.58. The molecule has 1 aromatic heterocycles. The maximum Gasteiger partial charge on any atom is 0.405 e. The number of rotatable bonds is 6. The normalized spacial score (nSPS) is 13.5. The first-order valence-corrected chi connectivity index (χ1v) is 9.87. The SMILES string of the molecule is Cc1[nH]c2ccccc2c1CC(NS(=O)(=O)c1ccccc1[N+](=O)[O-])C(F)(F)F. The molecular formula is C18H16F3N3O4S. The molecule has 1 heterocycles. The number of nitrogens with one attached hydrogen (secondary N) is 2. The Kier molecular flexibility index (Phi) is 5.37. The monoisotopic (exact) mass is 427 g/mol. The molecule has 0 saturated heterocycles. The summed E-state index contributed by atoms with van der Waals surface area (Å²) in [7, 11) is -4.81. The molecule has 0 radical (unpaired) electrons. The fourth-order valence-corrected chi connectivity index (χ4v) is 4.51. The molecule has 29 heavy (non-hydrogen) atoms. The Morgan fingerprint density at radius 2 is 1.76 bits per heavy atom. The van der Waals surface area contributed by atoms with E-state index >= 15 is 0 Å². The van der Waals surface area contributed by atoms with E-state index in [4.69, 9.17) is 0 Å². The highest BCUT2D eigenvalue weighted by Crippen LogP contribution is 2.31. The molecule has 0 bridgehead atoms. The molecule has 2 aromatic carbocycles. The van der Waals surface area contributed by atoms with Crippen molar-refractivity contribution in [2.75, 3.05) is 0 Å². The van der Waals surface area contributed by atoms with Crippen molar-refractivity contribution in [3.8, 4) is 0 Å². The number of nitro benzene ring substituents is 1. The number of aryl methyl sites for hydroxylation is 1. The molecule has 3 rings (SSSR count). The minimum absolute atomic E-state index is 0.313. The molecule has 0 aliphatic rings. The highest BCUT2D eigenvalue weighted by molar-refractivity contribution is 7.89. The Balaban J connectivity index is 2.01. The van der Waals surface area contributed by atoms with Crippen LogP contribution in [0.15, 0.2) is 53.4 Å². The number of para-hydroxylation sites is 2. The molecule has 0 spiro atoms. The maximum absolute atomic E-state index is 13.7. The third kappa shape index (κ3) is 4.25. The third-order valence-corrected chi connectivity index (χ3v) is 6.00. The smallest absolute Gasteiger partial charge is 0.358 e. The number of H-pyrrole nitrogens is 1. The minimum Gasteiger partial charge on any atom is -0.358 e. The summed E-state index contributed by atoms with van der Waals surface area (Å²) >= 11 is 0. The van der Waals surface area contributed by atoms with Crippen molar-refractivity contribution in [1.82, 2.24) is 9.71 Å². The molecule has 0 aliphatic heterocycles. The van der Waals surface area contributed by atoms with Gasteiger partial charge in [-0.1, -0.05) is 30.3 Å². The summed E-state index contributed by atoms with van der Waals surface area (Å²) in [5.41, 5.74) is 0.616. The number of benzene rings is 2. The average molecular weight is 427 g/mol. The number of fused-ring (bicyclic) bond motifs is 1. The predicted molar refractivity (Wildman–Crippen MR) is 100 cm³/mol. The number of aromatic amines is 1. The van der Waals surface area contributed by atoms with Gasteiger partial charge in [0.1, 0.15) is 6.04 Å². The van der Waals surface area contributed by atoms with Gasteiger partial charge in [-0.2, -0.15) is 17.9 Å². The summed E-state index contributed by atoms with van der Waals surface area (Å²) in [6, 6.07) is 8.50. The lowest BCUT2D eigenvalue weighted by Crippen LogP contribution is -2.46. The number of hydrogen-bond acceptors (Lipinski definition) is 4. The van der Waals surface area contributed by atoms with Crippen molar-refractivity contribution in [2.24, 2.45) is 0 Å². The molecule has 1 atom stereocenters. The highest BCUT2D eigenvalue weighted by atomic mass is 32.2. The molecule has 0 saturated carbocycles. The average Bonchev–Trinajstić information content (AvgIpc) is 2.95. The van der Waals surface area contributed by atoms with Gasteiger partial charge in [-0.25, -0.2) is 8.42 Å². The van der Waals surface area contributed by atoms with E-state index < -0.39 is 44.2 Å². The van der Waals surface area contributed by atoms with E-state index in [1.165, 1.54) is 12.1 Å². The Hall–Kier alpha value is -2.92. The molecule has 2 N–H and O–H groups in total. The van der Waals surface area contributed by atoms with Crippen molar-refractivity contribution in [1.29, 1.82) is 0 Å². The summed E-state index contributed by atoms with van der Waals surface area (Å²) in [5, 5.41) is 11.6. The fourth-order valence-electron chi connectivity index (χ4n) is 3.11. The molecule has 1 unspecified atom stereocenters. The lowest BCUT2D eigenvalue weighted by atomic mass is 10.0. The van der Waals surface area contributed by atoms with Gasteiger partial charge in [-0.05, 0) is 31.0 Å². The van der Waals surface area contributed by atoms with Crippen molar-refractivity contribution >= 4 is 26.6 Å². The van der Waals surface area contributed by atoms with Crippen LogP contribution in [0, 0.1) is 17.0 Å². The van der Waals surface area contributed by atoms with Crippen molar-refractivity contribution < 1.29 is 26.5 Å². The van der Waals surface area contributed by atoms with Crippen LogP contribution in [0.2, 0.25) is 0 Å². The van der Waals surface area contributed by atoms with Gasteiger partial charge in [0.2, 0.25) is 10.0 Å². The van der Waals surface area contributed by atoms with E-state index in [1.54, 1.807) is 35.9 Å². The molecule has 7 nitrogen and oxygen atoms in total. The third-order valence-electron chi connectivity index (χ3n) is 4.48. The Labute approximate surface area is 163 Å². The van der Waals surface area contributed by atoms with Crippen LogP contribution < -0.4 is 4.72 Å². The summed E-state index contributed by atoms with van der Waals surface area (Å²) < 4.78 is 67.8. The van der Waals surface area contributed by atoms with E-state index in [9.17, 15) is 31.7 Å². The van der Waals surface area contributed by atoms with Gasteiger partial charge in [0.25, 0.3) is 5.69 Å². The van der Waals surface area contributed by atoms with Crippen molar-refractivity contribution in [3.05, 3.63) is 69.9 Å². The Morgan fingerprint density at radius 3 is 2.41 bits per heavy atom. The van der Waals surface area contributed by atoms with Gasteiger partial charge < -0.3 is 4.98 Å². The predicted octanol–water partition coefficient (Wildman–Crippen LogP) is 3.84. The van der Waals surface area contributed by atoms with Crippen LogP contribution in [0.4, 0.5) is 18.9 Å². The Bertz CT molecular complexity index is 1170. The number of nitro groups is 1. The summed E-state index contributed by atoms with van der Waals surface area (Å²) in [4.78, 5) is 12.3. The number of hydrogen-bond donors (Lipinski definition) is 2. The van der Waals surface area contributed by atoms with E-state index in [1.807, 2.05) is 0 Å². The van der Waals surface area contributed by atoms with Gasteiger partial charge in [-0.15, -0.1) is 0 Å². The van der Waals surface area contributed by atoms with Gasteiger partial charge >= 0.3 is 6.18 Å². The van der Waals surface area contributed by atoms with E-state index in [2.05, 4.69) is 4.98 Å². The van der Waals surface area contributed by atoms with E-state index in [0.717, 1.165) is 12.1 Å². The summed E-state index contributed by atoms with van der Waals surface area (Å²) in [6.45, 7) is 1.60. The first-order valence-electron chi connectivity index (χ1n) is 8.39. The molecule has 0 amide bonds. The quantitative estimate of drug-likeness (QED) is 0.461. The van der Waals surface area contributed by atoms with Crippen LogP contribution in [0.3, 0.4) is 0 Å². The second-order valence-electron chi connectivity index (χ2n) is 6.42. The zero-order valence-electron chi connectivity index (χ0n) is 15.0. The number of sulfonamides is 1. The lowest BCUT2D eigenvalue weighted by Gasteiger charge is -2.22. The molecule has 3 aromatic rings. The number of alkyl halides is 3. The fraction of sp³-hybridized carbons (Fsp3) is 0.222. The van der Waals surface area contributed by atoms with Crippen LogP contribution in [0.5, 0.6) is 0 Å². The van der Waals surface area contributed by atoms with Gasteiger partial charge in [-0.3, -0.25) is 10.1 Å². The van der Waals surface area contributed by atoms with Crippen LogP contribution >= 0.6 is 0 Å². The standard InChI is InChI=1S/C18H16F3N3O4S/c1-11-13(12-6-2-3-7-14(12)22-11)10-17(18(19,20)21)23-29(27,28)16-9-5-4-8-15(16)24(25)26/h2-9,17,22-23H,10H2,1H3. The van der Waals surface area contributed by atoms with Gasteiger partial charge in [0.05, 0.1) is 4.92 Å². The zero-order valence-corrected chi connectivity index (χ0v) is 15.8. The number of aromatic nitrogens is 1. The van der Waals surface area contributed by atoms with E-state index in [0.29, 0.717) is 22.2 Å². The van der Waals surface area contributed by atoms with Crippen LogP contribution in [0.25, 0.3) is 10.9 Å².